The summed E-state index contributed by atoms with van der Waals surface area (Å²) in [5, 5.41) is 2.71. The molecule has 0 aliphatic rings. The Labute approximate surface area is 112 Å². The molecule has 1 aromatic carbocycles. The van der Waals surface area contributed by atoms with Crippen LogP contribution in [0.1, 0.15) is 6.92 Å². The summed E-state index contributed by atoms with van der Waals surface area (Å²) < 4.78 is 31.1. The van der Waals surface area contributed by atoms with E-state index in [9.17, 15) is 13.6 Å². The number of carbonyl (C=O) groups is 1. The maximum absolute atomic E-state index is 13.3. The first-order valence-corrected chi connectivity index (χ1v) is 6.05. The van der Waals surface area contributed by atoms with Crippen LogP contribution in [0.25, 0.3) is 0 Å². The lowest BCUT2D eigenvalue weighted by molar-refractivity contribution is -0.137. The summed E-state index contributed by atoms with van der Waals surface area (Å²) in [5.41, 5.74) is 0.150. The van der Waals surface area contributed by atoms with Gasteiger partial charge in [-0.05, 0) is 28.9 Å². The van der Waals surface area contributed by atoms with Crippen molar-refractivity contribution in [2.45, 2.75) is 6.92 Å². The Balaban J connectivity index is 2.54. The Bertz CT molecular complexity index is 464. The average Bonchev–Trinajstić information content (AvgIpc) is 2.31. The molecule has 0 spiro atoms. The highest BCUT2D eigenvalue weighted by Crippen LogP contribution is 2.23. The zero-order valence-electron chi connectivity index (χ0n) is 9.67. The van der Waals surface area contributed by atoms with Crippen LogP contribution in [0.5, 0.6) is 0 Å². The van der Waals surface area contributed by atoms with Crippen LogP contribution < -0.4 is 5.32 Å². The molecule has 1 N–H and O–H groups in total. The van der Waals surface area contributed by atoms with E-state index in [0.29, 0.717) is 6.61 Å². The molecule has 0 saturated carbocycles. The molecule has 0 fully saturated rings. The molecule has 0 aromatic heterocycles. The Hall–Kier alpha value is -1.43. The molecule has 3 nitrogen and oxygen atoms in total. The highest BCUT2D eigenvalue weighted by atomic mass is 79.9. The van der Waals surface area contributed by atoms with Crippen molar-refractivity contribution in [3.8, 4) is 0 Å². The number of hydrogen-bond acceptors (Lipinski definition) is 3. The standard InChI is InChI=1S/C12H12BrF2NO2/c1-2-18-12(17)4-3-5-16-11-6-8(13)9(14)7-10(11)15/h3-4,6-7,16H,2,5H2,1H3/b4-3+. The Morgan fingerprint density at radius 3 is 2.83 bits per heavy atom. The van der Waals surface area contributed by atoms with Crippen LogP contribution in [-0.2, 0) is 9.53 Å². The van der Waals surface area contributed by atoms with E-state index >= 15 is 0 Å². The van der Waals surface area contributed by atoms with E-state index in [1.54, 1.807) is 6.92 Å². The number of ether oxygens (including phenoxy) is 1. The van der Waals surface area contributed by atoms with Gasteiger partial charge >= 0.3 is 5.97 Å². The smallest absolute Gasteiger partial charge is 0.330 e. The van der Waals surface area contributed by atoms with E-state index in [1.807, 2.05) is 0 Å². The molecule has 0 aliphatic heterocycles. The maximum Gasteiger partial charge on any atom is 0.330 e. The van der Waals surface area contributed by atoms with Crippen LogP contribution in [0.15, 0.2) is 28.8 Å². The molecule has 0 aliphatic carbocycles. The van der Waals surface area contributed by atoms with Gasteiger partial charge in [0.1, 0.15) is 11.6 Å². The lowest BCUT2D eigenvalue weighted by atomic mass is 10.3. The summed E-state index contributed by atoms with van der Waals surface area (Å²) in [6.07, 6.45) is 2.74. The van der Waals surface area contributed by atoms with Crippen molar-refractivity contribution < 1.29 is 18.3 Å². The lowest BCUT2D eigenvalue weighted by Crippen LogP contribution is -2.04. The van der Waals surface area contributed by atoms with Crippen LogP contribution >= 0.6 is 15.9 Å². The van der Waals surface area contributed by atoms with Gasteiger partial charge < -0.3 is 10.1 Å². The number of hydrogen-bond donors (Lipinski definition) is 1. The molecule has 0 atom stereocenters. The topological polar surface area (TPSA) is 38.3 Å². The second-order valence-corrected chi connectivity index (χ2v) is 4.14. The van der Waals surface area contributed by atoms with Crippen LogP contribution in [-0.4, -0.2) is 19.1 Å². The SMILES string of the molecule is CCOC(=O)/C=C/CNc1cc(Br)c(F)cc1F. The number of benzene rings is 1. The van der Waals surface area contributed by atoms with Gasteiger partial charge in [-0.15, -0.1) is 0 Å². The van der Waals surface area contributed by atoms with Gasteiger partial charge in [0.15, 0.2) is 0 Å². The molecule has 18 heavy (non-hydrogen) atoms. The van der Waals surface area contributed by atoms with Gasteiger partial charge in [0, 0.05) is 18.7 Å². The first kappa shape index (κ1) is 14.6. The summed E-state index contributed by atoms with van der Waals surface area (Å²) in [4.78, 5) is 11.0. The monoisotopic (exact) mass is 319 g/mol. The minimum absolute atomic E-state index is 0.150. The third-order valence-electron chi connectivity index (χ3n) is 1.96. The van der Waals surface area contributed by atoms with Crippen molar-refractivity contribution in [1.29, 1.82) is 0 Å². The number of anilines is 1. The molecule has 1 rings (SSSR count). The largest absolute Gasteiger partial charge is 0.463 e. The molecule has 0 amide bonds. The fraction of sp³-hybridized carbons (Fsp3) is 0.250. The molecule has 0 unspecified atom stereocenters. The van der Waals surface area contributed by atoms with Gasteiger partial charge in [-0.1, -0.05) is 6.08 Å². The van der Waals surface area contributed by atoms with Crippen molar-refractivity contribution in [2.75, 3.05) is 18.5 Å². The van der Waals surface area contributed by atoms with E-state index in [4.69, 9.17) is 0 Å². The molecule has 0 radical (unpaired) electrons. The number of halogens is 3. The van der Waals surface area contributed by atoms with Crippen LogP contribution in [0.3, 0.4) is 0 Å². The molecule has 98 valence electrons. The van der Waals surface area contributed by atoms with Crippen LogP contribution in [0.2, 0.25) is 0 Å². The van der Waals surface area contributed by atoms with Crippen molar-refractivity contribution in [3.05, 3.63) is 40.4 Å². The van der Waals surface area contributed by atoms with Gasteiger partial charge in [0.25, 0.3) is 0 Å². The summed E-state index contributed by atoms with van der Waals surface area (Å²) in [6, 6.07) is 2.07. The Morgan fingerprint density at radius 2 is 2.17 bits per heavy atom. The molecule has 0 bridgehead atoms. The van der Waals surface area contributed by atoms with E-state index in [1.165, 1.54) is 18.2 Å². The zero-order chi connectivity index (χ0) is 13.5. The highest BCUT2D eigenvalue weighted by Gasteiger charge is 2.06. The molecule has 0 heterocycles. The van der Waals surface area contributed by atoms with Gasteiger partial charge in [0.2, 0.25) is 0 Å². The van der Waals surface area contributed by atoms with Crippen LogP contribution in [0.4, 0.5) is 14.5 Å². The molecular formula is C12H12BrF2NO2. The molecule has 1 aromatic rings. The summed E-state index contributed by atoms with van der Waals surface area (Å²) >= 11 is 2.96. The number of rotatable bonds is 5. The van der Waals surface area contributed by atoms with E-state index in [0.717, 1.165) is 6.07 Å². The first-order valence-electron chi connectivity index (χ1n) is 5.26. The van der Waals surface area contributed by atoms with Gasteiger partial charge in [-0.2, -0.15) is 0 Å². The highest BCUT2D eigenvalue weighted by molar-refractivity contribution is 9.10. The van der Waals surface area contributed by atoms with E-state index < -0.39 is 17.6 Å². The van der Waals surface area contributed by atoms with Gasteiger partial charge in [-0.25, -0.2) is 13.6 Å². The minimum atomic E-state index is -0.694. The fourth-order valence-electron chi connectivity index (χ4n) is 1.17. The predicted octanol–water partition coefficient (Wildman–Crippen LogP) is 3.26. The minimum Gasteiger partial charge on any atom is -0.463 e. The quantitative estimate of drug-likeness (QED) is 0.514. The Morgan fingerprint density at radius 1 is 1.44 bits per heavy atom. The van der Waals surface area contributed by atoms with E-state index in [2.05, 4.69) is 26.0 Å². The zero-order valence-corrected chi connectivity index (χ0v) is 11.3. The summed E-state index contributed by atoms with van der Waals surface area (Å²) in [5.74, 6) is -1.82. The van der Waals surface area contributed by atoms with Gasteiger partial charge in [-0.3, -0.25) is 0 Å². The number of nitrogens with one attached hydrogen (secondary N) is 1. The van der Waals surface area contributed by atoms with Crippen molar-refractivity contribution in [3.63, 3.8) is 0 Å². The first-order chi connectivity index (χ1) is 8.54. The second kappa shape index (κ2) is 7.10. The fourth-order valence-corrected chi connectivity index (χ4v) is 1.52. The second-order valence-electron chi connectivity index (χ2n) is 3.28. The summed E-state index contributed by atoms with van der Waals surface area (Å²) in [7, 11) is 0. The number of carbonyl (C=O) groups excluding carboxylic acids is 1. The van der Waals surface area contributed by atoms with Crippen molar-refractivity contribution in [1.82, 2.24) is 0 Å². The normalized spacial score (nSPS) is 10.7. The van der Waals surface area contributed by atoms with E-state index in [-0.39, 0.29) is 16.7 Å². The predicted molar refractivity (Wildman–Crippen MR) is 68.3 cm³/mol. The average molecular weight is 320 g/mol. The van der Waals surface area contributed by atoms with Crippen LogP contribution in [0, 0.1) is 11.6 Å². The third-order valence-corrected chi connectivity index (χ3v) is 2.57. The third kappa shape index (κ3) is 4.44. The number of esters is 1. The Kier molecular flexibility index (Phi) is 5.77. The maximum atomic E-state index is 13.3. The van der Waals surface area contributed by atoms with Crippen molar-refractivity contribution in [2.24, 2.45) is 0 Å². The summed E-state index contributed by atoms with van der Waals surface area (Å²) in [6.45, 7) is 2.24. The van der Waals surface area contributed by atoms with Gasteiger partial charge in [0.05, 0.1) is 16.8 Å². The molecule has 0 saturated heterocycles. The molecule has 6 heteroatoms. The van der Waals surface area contributed by atoms with Crippen molar-refractivity contribution >= 4 is 27.6 Å². The lowest BCUT2D eigenvalue weighted by Gasteiger charge is -2.06. The molecular weight excluding hydrogens is 308 g/mol.